The van der Waals surface area contributed by atoms with E-state index >= 15 is 0 Å². The first-order chi connectivity index (χ1) is 12.5. The minimum absolute atomic E-state index is 0.0507. The lowest BCUT2D eigenvalue weighted by Gasteiger charge is -2.08. The van der Waals surface area contributed by atoms with Gasteiger partial charge in [-0.15, -0.1) is 0 Å². The Morgan fingerprint density at radius 2 is 1.73 bits per heavy atom. The van der Waals surface area contributed by atoms with Crippen LogP contribution in [0, 0.1) is 0 Å². The van der Waals surface area contributed by atoms with Crippen LogP contribution >= 0.6 is 0 Å². The van der Waals surface area contributed by atoms with Crippen molar-refractivity contribution in [3.63, 3.8) is 0 Å². The molecule has 0 spiro atoms. The molecule has 0 unspecified atom stereocenters. The van der Waals surface area contributed by atoms with E-state index < -0.39 is 24.5 Å². The molecular weight excluding hydrogens is 338 g/mol. The Kier molecular flexibility index (Phi) is 6.73. The Morgan fingerprint density at radius 1 is 1.00 bits per heavy atom. The average molecular weight is 357 g/mol. The van der Waals surface area contributed by atoms with Crippen molar-refractivity contribution < 1.29 is 28.6 Å². The van der Waals surface area contributed by atoms with Crippen molar-refractivity contribution >= 4 is 23.5 Å². The predicted octanol–water partition coefficient (Wildman–Crippen LogP) is 2.21. The first-order valence-corrected chi connectivity index (χ1v) is 7.78. The van der Waals surface area contributed by atoms with Gasteiger partial charge in [0.25, 0.3) is 5.91 Å². The first kappa shape index (κ1) is 19.0. The zero-order valence-corrected chi connectivity index (χ0v) is 14.5. The number of anilines is 1. The van der Waals surface area contributed by atoms with Gasteiger partial charge in [-0.25, -0.2) is 4.79 Å². The van der Waals surface area contributed by atoms with Gasteiger partial charge in [0.05, 0.1) is 26.2 Å². The molecule has 136 valence electrons. The summed E-state index contributed by atoms with van der Waals surface area (Å²) in [5.74, 6) is -0.841. The van der Waals surface area contributed by atoms with Gasteiger partial charge < -0.3 is 19.5 Å². The van der Waals surface area contributed by atoms with Crippen LogP contribution in [0.15, 0.2) is 48.5 Å². The van der Waals surface area contributed by atoms with Crippen LogP contribution < -0.4 is 10.1 Å². The molecule has 7 nitrogen and oxygen atoms in total. The molecule has 2 rings (SSSR count). The summed E-state index contributed by atoms with van der Waals surface area (Å²) < 4.78 is 14.6. The van der Waals surface area contributed by atoms with Gasteiger partial charge in [-0.05, 0) is 35.9 Å². The van der Waals surface area contributed by atoms with E-state index in [0.717, 1.165) is 5.56 Å². The molecule has 0 aliphatic rings. The third kappa shape index (κ3) is 5.62. The van der Waals surface area contributed by atoms with Crippen LogP contribution in [0.1, 0.15) is 15.9 Å². The summed E-state index contributed by atoms with van der Waals surface area (Å²) in [5.41, 5.74) is 1.47. The summed E-state index contributed by atoms with van der Waals surface area (Å²) in [7, 11) is 2.83. The number of nitrogens with one attached hydrogen (secondary N) is 1. The van der Waals surface area contributed by atoms with Crippen LogP contribution in [0.2, 0.25) is 0 Å². The molecule has 0 aliphatic carbocycles. The summed E-state index contributed by atoms with van der Waals surface area (Å²) in [4.78, 5) is 35.2. The van der Waals surface area contributed by atoms with Crippen LogP contribution in [-0.2, 0) is 25.5 Å². The molecule has 2 aromatic rings. The molecule has 26 heavy (non-hydrogen) atoms. The van der Waals surface area contributed by atoms with Crippen molar-refractivity contribution in [3.8, 4) is 5.75 Å². The molecule has 0 aliphatic heterocycles. The number of amides is 1. The summed E-state index contributed by atoms with van der Waals surface area (Å²) in [6, 6.07) is 13.2. The highest BCUT2D eigenvalue weighted by Crippen LogP contribution is 2.13. The quantitative estimate of drug-likeness (QED) is 0.764. The number of esters is 2. The zero-order chi connectivity index (χ0) is 18.9. The molecular formula is C19H19NO6. The van der Waals surface area contributed by atoms with Gasteiger partial charge in [0, 0.05) is 5.69 Å². The minimum Gasteiger partial charge on any atom is -0.497 e. The number of methoxy groups -OCH3 is 2. The molecule has 0 radical (unpaired) electrons. The van der Waals surface area contributed by atoms with Crippen LogP contribution in [0.5, 0.6) is 5.75 Å². The van der Waals surface area contributed by atoms with Crippen molar-refractivity contribution in [1.82, 2.24) is 0 Å². The molecule has 0 heterocycles. The molecule has 0 aromatic heterocycles. The SMILES string of the molecule is COC(=O)c1cccc(NC(=O)COC(=O)Cc2ccc(OC)cc2)c1. The number of hydrogen-bond acceptors (Lipinski definition) is 6. The Hall–Kier alpha value is -3.35. The maximum absolute atomic E-state index is 11.9. The standard InChI is InChI=1S/C19H19NO6/c1-24-16-8-6-13(7-9-16)10-18(22)26-12-17(21)20-15-5-3-4-14(11-15)19(23)25-2/h3-9,11H,10,12H2,1-2H3,(H,20,21). The summed E-state index contributed by atoms with van der Waals surface area (Å²) >= 11 is 0. The van der Waals surface area contributed by atoms with Gasteiger partial charge in [0.2, 0.25) is 0 Å². The van der Waals surface area contributed by atoms with Crippen LogP contribution in [0.25, 0.3) is 0 Å². The number of carbonyl (C=O) groups is 3. The van der Waals surface area contributed by atoms with Crippen molar-refractivity contribution in [2.75, 3.05) is 26.1 Å². The largest absolute Gasteiger partial charge is 0.497 e. The van der Waals surface area contributed by atoms with Crippen LogP contribution in [-0.4, -0.2) is 38.7 Å². The lowest BCUT2D eigenvalue weighted by molar-refractivity contribution is -0.146. The number of hydrogen-bond donors (Lipinski definition) is 1. The van der Waals surface area contributed by atoms with E-state index in [-0.39, 0.29) is 6.42 Å². The van der Waals surface area contributed by atoms with Gasteiger partial charge in [-0.2, -0.15) is 0 Å². The van der Waals surface area contributed by atoms with Crippen LogP contribution in [0.3, 0.4) is 0 Å². The highest BCUT2D eigenvalue weighted by atomic mass is 16.5. The fourth-order valence-electron chi connectivity index (χ4n) is 2.15. The van der Waals surface area contributed by atoms with Gasteiger partial charge >= 0.3 is 11.9 Å². The third-order valence-corrected chi connectivity index (χ3v) is 3.44. The van der Waals surface area contributed by atoms with Crippen molar-refractivity contribution in [2.24, 2.45) is 0 Å². The molecule has 0 bridgehead atoms. The number of ether oxygens (including phenoxy) is 3. The fourth-order valence-corrected chi connectivity index (χ4v) is 2.15. The lowest BCUT2D eigenvalue weighted by Crippen LogP contribution is -2.21. The molecule has 7 heteroatoms. The van der Waals surface area contributed by atoms with Crippen LogP contribution in [0.4, 0.5) is 5.69 Å². The summed E-state index contributed by atoms with van der Waals surface area (Å²) in [6.07, 6.45) is 0.0507. The predicted molar refractivity (Wildman–Crippen MR) is 94.1 cm³/mol. The molecule has 1 N–H and O–H groups in total. The first-order valence-electron chi connectivity index (χ1n) is 7.78. The number of benzene rings is 2. The Labute approximate surface area is 150 Å². The third-order valence-electron chi connectivity index (χ3n) is 3.44. The Balaban J connectivity index is 1.82. The Morgan fingerprint density at radius 3 is 2.38 bits per heavy atom. The minimum atomic E-state index is -0.520. The maximum atomic E-state index is 11.9. The molecule has 1 amide bonds. The zero-order valence-electron chi connectivity index (χ0n) is 14.5. The average Bonchev–Trinajstić information content (AvgIpc) is 2.66. The highest BCUT2D eigenvalue weighted by Gasteiger charge is 2.11. The van der Waals surface area contributed by atoms with Crippen molar-refractivity contribution in [1.29, 1.82) is 0 Å². The normalized spacial score (nSPS) is 9.92. The van der Waals surface area contributed by atoms with E-state index in [4.69, 9.17) is 9.47 Å². The molecule has 0 atom stereocenters. The second-order valence-corrected chi connectivity index (χ2v) is 5.31. The Bertz CT molecular complexity index is 785. The lowest BCUT2D eigenvalue weighted by atomic mass is 10.1. The van der Waals surface area contributed by atoms with E-state index in [2.05, 4.69) is 10.1 Å². The van der Waals surface area contributed by atoms with Gasteiger partial charge in [0.15, 0.2) is 6.61 Å². The summed E-state index contributed by atoms with van der Waals surface area (Å²) in [5, 5.41) is 2.56. The van der Waals surface area contributed by atoms with Gasteiger partial charge in [0.1, 0.15) is 5.75 Å². The molecule has 2 aromatic carbocycles. The van der Waals surface area contributed by atoms with Gasteiger partial charge in [-0.3, -0.25) is 9.59 Å². The topological polar surface area (TPSA) is 90.9 Å². The van der Waals surface area contributed by atoms with Crippen molar-refractivity contribution in [3.05, 3.63) is 59.7 Å². The molecule has 0 saturated carbocycles. The van der Waals surface area contributed by atoms with E-state index in [0.29, 0.717) is 17.0 Å². The van der Waals surface area contributed by atoms with E-state index in [1.165, 1.54) is 13.2 Å². The van der Waals surface area contributed by atoms with E-state index in [1.807, 2.05) is 0 Å². The van der Waals surface area contributed by atoms with Crippen molar-refractivity contribution in [2.45, 2.75) is 6.42 Å². The van der Waals surface area contributed by atoms with Gasteiger partial charge in [-0.1, -0.05) is 18.2 Å². The van der Waals surface area contributed by atoms with E-state index in [9.17, 15) is 14.4 Å². The highest BCUT2D eigenvalue weighted by molar-refractivity contribution is 5.95. The summed E-state index contributed by atoms with van der Waals surface area (Å²) in [6.45, 7) is -0.419. The number of rotatable bonds is 7. The smallest absolute Gasteiger partial charge is 0.337 e. The maximum Gasteiger partial charge on any atom is 0.337 e. The molecule has 0 fully saturated rings. The monoisotopic (exact) mass is 357 g/mol. The fraction of sp³-hybridized carbons (Fsp3) is 0.211. The second kappa shape index (κ2) is 9.22. The number of carbonyl (C=O) groups excluding carboxylic acids is 3. The van der Waals surface area contributed by atoms with E-state index in [1.54, 1.807) is 49.6 Å². The second-order valence-electron chi connectivity index (χ2n) is 5.31. The molecule has 0 saturated heterocycles.